The highest BCUT2D eigenvalue weighted by atomic mass is 32.2. The second-order valence-corrected chi connectivity index (χ2v) is 10.6. The Kier molecular flexibility index (Phi) is 6.46. The molecule has 6 nitrogen and oxygen atoms in total. The molecule has 0 aromatic heterocycles. The first-order chi connectivity index (χ1) is 14.8. The lowest BCUT2D eigenvalue weighted by molar-refractivity contribution is 0.0938. The van der Waals surface area contributed by atoms with E-state index in [1.165, 1.54) is 0 Å². The summed E-state index contributed by atoms with van der Waals surface area (Å²) in [4.78, 5) is 15.1. The van der Waals surface area contributed by atoms with Crippen molar-refractivity contribution in [3.63, 3.8) is 0 Å². The number of benzene rings is 2. The van der Waals surface area contributed by atoms with Crippen LogP contribution in [-0.2, 0) is 22.9 Å². The molecule has 1 aliphatic heterocycles. The number of nitrogens with one attached hydrogen (secondary N) is 2. The van der Waals surface area contributed by atoms with Crippen LogP contribution < -0.4 is 10.0 Å². The molecule has 1 aliphatic carbocycles. The molecule has 2 N–H and O–H groups in total. The van der Waals surface area contributed by atoms with Crippen LogP contribution in [0.25, 0.3) is 0 Å². The molecule has 0 radical (unpaired) electrons. The van der Waals surface area contributed by atoms with Gasteiger partial charge in [0.05, 0.1) is 4.90 Å². The summed E-state index contributed by atoms with van der Waals surface area (Å²) >= 11 is 0. The van der Waals surface area contributed by atoms with E-state index < -0.39 is 10.0 Å². The second-order valence-electron chi connectivity index (χ2n) is 8.90. The van der Waals surface area contributed by atoms with Crippen LogP contribution in [0.3, 0.4) is 0 Å². The van der Waals surface area contributed by atoms with E-state index >= 15 is 0 Å². The lowest BCUT2D eigenvalue weighted by atomic mass is 10.1. The summed E-state index contributed by atoms with van der Waals surface area (Å²) in [5, 5.41) is 3.07. The van der Waals surface area contributed by atoms with Crippen molar-refractivity contribution >= 4 is 15.9 Å². The zero-order valence-corrected chi connectivity index (χ0v) is 19.0. The van der Waals surface area contributed by atoms with Gasteiger partial charge in [0.1, 0.15) is 0 Å². The van der Waals surface area contributed by atoms with Crippen molar-refractivity contribution in [2.75, 3.05) is 13.1 Å². The fourth-order valence-corrected chi connectivity index (χ4v) is 5.90. The molecule has 1 amide bonds. The Labute approximate surface area is 185 Å². The summed E-state index contributed by atoms with van der Waals surface area (Å²) < 4.78 is 28.8. The molecule has 4 rings (SSSR count). The Morgan fingerprint density at radius 1 is 0.968 bits per heavy atom. The van der Waals surface area contributed by atoms with Gasteiger partial charge in [0.25, 0.3) is 5.91 Å². The third-order valence-electron chi connectivity index (χ3n) is 6.37. The second kappa shape index (κ2) is 9.10. The van der Waals surface area contributed by atoms with Gasteiger partial charge in [-0.2, -0.15) is 0 Å². The van der Waals surface area contributed by atoms with E-state index in [1.54, 1.807) is 24.3 Å². The first-order valence-electron chi connectivity index (χ1n) is 11.1. The van der Waals surface area contributed by atoms with Crippen LogP contribution in [0.15, 0.2) is 53.4 Å². The van der Waals surface area contributed by atoms with E-state index in [1.807, 2.05) is 24.3 Å². The van der Waals surface area contributed by atoms with E-state index in [4.69, 9.17) is 0 Å². The summed E-state index contributed by atoms with van der Waals surface area (Å²) in [6.45, 7) is 6.17. The van der Waals surface area contributed by atoms with E-state index in [-0.39, 0.29) is 18.0 Å². The van der Waals surface area contributed by atoms with Crippen LogP contribution in [-0.4, -0.2) is 50.4 Å². The van der Waals surface area contributed by atoms with Gasteiger partial charge >= 0.3 is 0 Å². The molecule has 0 spiro atoms. The van der Waals surface area contributed by atoms with Crippen LogP contribution in [0.4, 0.5) is 0 Å². The molecule has 1 heterocycles. The van der Waals surface area contributed by atoms with E-state index in [9.17, 15) is 13.2 Å². The molecule has 1 saturated heterocycles. The molecule has 0 saturated carbocycles. The highest BCUT2D eigenvalue weighted by molar-refractivity contribution is 7.89. The maximum absolute atomic E-state index is 13.0. The minimum atomic E-state index is -3.56. The molecular formula is C24H31N3O3S. The Hall–Kier alpha value is -2.22. The normalized spacial score (nSPS) is 20.0. The first-order valence-corrected chi connectivity index (χ1v) is 12.5. The van der Waals surface area contributed by atoms with Crippen LogP contribution in [0.5, 0.6) is 0 Å². The molecule has 0 unspecified atom stereocenters. The van der Waals surface area contributed by atoms with Crippen LogP contribution in [0.2, 0.25) is 0 Å². The van der Waals surface area contributed by atoms with Crippen molar-refractivity contribution in [1.29, 1.82) is 0 Å². The number of hydrogen-bond donors (Lipinski definition) is 2. The van der Waals surface area contributed by atoms with Crippen molar-refractivity contribution in [2.24, 2.45) is 0 Å². The van der Waals surface area contributed by atoms with Crippen LogP contribution in [0, 0.1) is 0 Å². The summed E-state index contributed by atoms with van der Waals surface area (Å²) in [6.07, 6.45) is 3.02. The Balaban J connectivity index is 1.38. The van der Waals surface area contributed by atoms with Gasteiger partial charge < -0.3 is 10.2 Å². The molecule has 166 valence electrons. The lowest BCUT2D eigenvalue weighted by Gasteiger charge is -2.34. The molecule has 7 heteroatoms. The Morgan fingerprint density at radius 3 is 2.32 bits per heavy atom. The zero-order chi connectivity index (χ0) is 22.0. The van der Waals surface area contributed by atoms with E-state index in [0.717, 1.165) is 43.5 Å². The number of fused-ring (bicyclic) bond motifs is 1. The average molecular weight is 442 g/mol. The summed E-state index contributed by atoms with van der Waals surface area (Å²) in [5.41, 5.74) is 2.73. The molecule has 1 fully saturated rings. The first kappa shape index (κ1) is 22.0. The molecule has 1 atom stereocenters. The maximum atomic E-state index is 13.0. The van der Waals surface area contributed by atoms with Crippen molar-refractivity contribution in [2.45, 2.75) is 62.6 Å². The zero-order valence-electron chi connectivity index (χ0n) is 18.2. The minimum absolute atomic E-state index is 0.0195. The minimum Gasteiger partial charge on any atom is -0.349 e. The monoisotopic (exact) mass is 441 g/mol. The third kappa shape index (κ3) is 5.17. The quantitative estimate of drug-likeness (QED) is 0.723. The standard InChI is InChI=1S/C24H31N3O3S/c1-17(2)27-12-10-21(11-13-27)26-31(29,30)23-9-8-19-14-22(15-20(19)16-23)25-24(28)18-6-4-3-5-7-18/h3-9,16-17,21-22,26H,10-15H2,1-2H3,(H,25,28)/t22-/m1/s1. The molecular weight excluding hydrogens is 410 g/mol. The van der Waals surface area contributed by atoms with E-state index in [2.05, 4.69) is 28.8 Å². The number of nitrogens with zero attached hydrogens (tertiary/aromatic N) is 1. The van der Waals surface area contributed by atoms with Gasteiger partial charge in [0, 0.05) is 23.7 Å². The van der Waals surface area contributed by atoms with Gasteiger partial charge in [-0.25, -0.2) is 13.1 Å². The van der Waals surface area contributed by atoms with Gasteiger partial charge in [0.15, 0.2) is 0 Å². The molecule has 0 bridgehead atoms. The third-order valence-corrected chi connectivity index (χ3v) is 7.89. The summed E-state index contributed by atoms with van der Waals surface area (Å²) in [5.74, 6) is -0.0966. The highest BCUT2D eigenvalue weighted by Crippen LogP contribution is 2.26. The van der Waals surface area contributed by atoms with Gasteiger partial charge in [-0.15, -0.1) is 0 Å². The van der Waals surface area contributed by atoms with Crippen molar-refractivity contribution < 1.29 is 13.2 Å². The summed E-state index contributed by atoms with van der Waals surface area (Å²) in [6, 6.07) is 14.9. The van der Waals surface area contributed by atoms with Gasteiger partial charge in [-0.3, -0.25) is 4.79 Å². The number of carbonyl (C=O) groups is 1. The van der Waals surface area contributed by atoms with Gasteiger partial charge in [-0.1, -0.05) is 24.3 Å². The van der Waals surface area contributed by atoms with Gasteiger partial charge in [0.2, 0.25) is 10.0 Å². The topological polar surface area (TPSA) is 78.5 Å². The fraction of sp³-hybridized carbons (Fsp3) is 0.458. The van der Waals surface area contributed by atoms with Gasteiger partial charge in [-0.05, 0) is 88.0 Å². The van der Waals surface area contributed by atoms with Crippen molar-refractivity contribution in [3.05, 3.63) is 65.2 Å². The molecule has 31 heavy (non-hydrogen) atoms. The predicted octanol–water partition coefficient (Wildman–Crippen LogP) is 2.73. The van der Waals surface area contributed by atoms with Crippen LogP contribution >= 0.6 is 0 Å². The smallest absolute Gasteiger partial charge is 0.251 e. The average Bonchev–Trinajstić information content (AvgIpc) is 3.16. The van der Waals surface area contributed by atoms with Crippen LogP contribution in [0.1, 0.15) is 48.2 Å². The van der Waals surface area contributed by atoms with E-state index in [0.29, 0.717) is 22.9 Å². The summed E-state index contributed by atoms with van der Waals surface area (Å²) in [7, 11) is -3.56. The molecule has 2 aliphatic rings. The Bertz CT molecular complexity index is 1030. The molecule has 2 aromatic carbocycles. The lowest BCUT2D eigenvalue weighted by Crippen LogP contribution is -2.46. The number of rotatable bonds is 6. The number of piperidine rings is 1. The molecule has 2 aromatic rings. The number of amides is 1. The Morgan fingerprint density at radius 2 is 1.65 bits per heavy atom. The maximum Gasteiger partial charge on any atom is 0.251 e. The van der Waals surface area contributed by atoms with Crippen molar-refractivity contribution in [1.82, 2.24) is 14.9 Å². The fourth-order valence-electron chi connectivity index (χ4n) is 4.54. The SMILES string of the molecule is CC(C)N1CCC(NS(=O)(=O)c2ccc3c(c2)C[C@H](NC(=O)c2ccccc2)C3)CC1. The predicted molar refractivity (Wildman–Crippen MR) is 122 cm³/mol. The number of carbonyl (C=O) groups excluding carboxylic acids is 1. The van der Waals surface area contributed by atoms with Crippen molar-refractivity contribution in [3.8, 4) is 0 Å². The number of hydrogen-bond acceptors (Lipinski definition) is 4. The number of sulfonamides is 1. The highest BCUT2D eigenvalue weighted by Gasteiger charge is 2.28. The largest absolute Gasteiger partial charge is 0.349 e. The number of likely N-dealkylation sites (tertiary alicyclic amines) is 1.